The lowest BCUT2D eigenvalue weighted by Gasteiger charge is -2.48. The van der Waals surface area contributed by atoms with Gasteiger partial charge in [0.2, 0.25) is 5.91 Å². The van der Waals surface area contributed by atoms with Gasteiger partial charge in [-0.05, 0) is 67.9 Å². The zero-order chi connectivity index (χ0) is 25.3. The number of hydrogen-bond acceptors (Lipinski definition) is 4. The standard InChI is InChI=1S/C29H36FN3O3/c1-35-22-14-15-23(26(18-22)36-2)27-32-24-16-13-21(30)17-25(24)33(27)29(28(31)34,19-9-5-3-6-10-19)20-11-7-4-8-12-20/h13-20H,3-12H2,1-2H3,(H2,31,34). The van der Waals surface area contributed by atoms with Crippen molar-refractivity contribution in [2.45, 2.75) is 69.7 Å². The Hall–Kier alpha value is -3.09. The van der Waals surface area contributed by atoms with E-state index in [4.69, 9.17) is 20.2 Å². The van der Waals surface area contributed by atoms with Crippen LogP contribution in [0.5, 0.6) is 11.5 Å². The van der Waals surface area contributed by atoms with Crippen molar-refractivity contribution in [3.8, 4) is 22.9 Å². The summed E-state index contributed by atoms with van der Waals surface area (Å²) >= 11 is 0. The molecule has 0 atom stereocenters. The SMILES string of the molecule is COc1ccc(-c2nc3ccc(F)cc3n2C(C(N)=O)(C2CCCCC2)C2CCCCC2)c(OC)c1. The maximum atomic E-state index is 14.7. The number of carbonyl (C=O) groups excluding carboxylic acids is 1. The quantitative estimate of drug-likeness (QED) is 0.425. The summed E-state index contributed by atoms with van der Waals surface area (Å²) in [5, 5.41) is 0. The van der Waals surface area contributed by atoms with E-state index in [1.807, 2.05) is 22.8 Å². The maximum Gasteiger partial charge on any atom is 0.244 e. The van der Waals surface area contributed by atoms with Gasteiger partial charge in [-0.1, -0.05) is 38.5 Å². The molecule has 36 heavy (non-hydrogen) atoms. The first-order valence-electron chi connectivity index (χ1n) is 13.2. The van der Waals surface area contributed by atoms with Crippen LogP contribution in [-0.4, -0.2) is 29.7 Å². The number of carbonyl (C=O) groups is 1. The van der Waals surface area contributed by atoms with Gasteiger partial charge in [-0.25, -0.2) is 9.37 Å². The highest BCUT2D eigenvalue weighted by atomic mass is 19.1. The monoisotopic (exact) mass is 493 g/mol. The molecule has 2 saturated carbocycles. The molecule has 0 unspecified atom stereocenters. The first-order valence-corrected chi connectivity index (χ1v) is 13.2. The molecule has 192 valence electrons. The van der Waals surface area contributed by atoms with Crippen LogP contribution in [0.25, 0.3) is 22.4 Å². The number of imidazole rings is 1. The van der Waals surface area contributed by atoms with Crippen molar-refractivity contribution in [3.05, 3.63) is 42.2 Å². The van der Waals surface area contributed by atoms with E-state index >= 15 is 0 Å². The number of primary amides is 1. The lowest BCUT2D eigenvalue weighted by molar-refractivity contribution is -0.135. The van der Waals surface area contributed by atoms with Gasteiger partial charge >= 0.3 is 0 Å². The number of hydrogen-bond donors (Lipinski definition) is 1. The molecule has 0 bridgehead atoms. The molecule has 3 aromatic rings. The lowest BCUT2D eigenvalue weighted by Crippen LogP contribution is -2.58. The molecular formula is C29H36FN3O3. The second-order valence-corrected chi connectivity index (χ2v) is 10.3. The Morgan fingerprint density at radius 1 is 0.944 bits per heavy atom. The van der Waals surface area contributed by atoms with Crippen LogP contribution < -0.4 is 15.2 Å². The zero-order valence-electron chi connectivity index (χ0n) is 21.3. The molecule has 0 spiro atoms. The zero-order valence-corrected chi connectivity index (χ0v) is 21.3. The van der Waals surface area contributed by atoms with Gasteiger partial charge < -0.3 is 19.8 Å². The number of nitrogens with two attached hydrogens (primary N) is 1. The fourth-order valence-electron chi connectivity index (χ4n) is 6.88. The Morgan fingerprint density at radius 2 is 1.58 bits per heavy atom. The van der Waals surface area contributed by atoms with Crippen molar-refractivity contribution in [2.24, 2.45) is 17.6 Å². The Balaban J connectivity index is 1.86. The summed E-state index contributed by atoms with van der Waals surface area (Å²) in [6.45, 7) is 0. The summed E-state index contributed by atoms with van der Waals surface area (Å²) in [5.41, 5.74) is 7.47. The summed E-state index contributed by atoms with van der Waals surface area (Å²) in [7, 11) is 3.21. The van der Waals surface area contributed by atoms with Gasteiger partial charge in [-0.3, -0.25) is 4.79 Å². The summed E-state index contributed by atoms with van der Waals surface area (Å²) in [6, 6.07) is 10.2. The van der Waals surface area contributed by atoms with Gasteiger partial charge in [-0.2, -0.15) is 0 Å². The minimum Gasteiger partial charge on any atom is -0.497 e. The molecule has 0 aliphatic heterocycles. The van der Waals surface area contributed by atoms with Crippen LogP contribution in [0.2, 0.25) is 0 Å². The van der Waals surface area contributed by atoms with E-state index in [-0.39, 0.29) is 23.6 Å². The third-order valence-electron chi connectivity index (χ3n) is 8.49. The van der Waals surface area contributed by atoms with Crippen LogP contribution in [0.15, 0.2) is 36.4 Å². The number of amides is 1. The van der Waals surface area contributed by atoms with Crippen LogP contribution >= 0.6 is 0 Å². The molecule has 2 N–H and O–H groups in total. The number of halogens is 1. The van der Waals surface area contributed by atoms with E-state index in [9.17, 15) is 9.18 Å². The number of benzene rings is 2. The summed E-state index contributed by atoms with van der Waals surface area (Å²) in [5.74, 6) is 1.26. The number of methoxy groups -OCH3 is 2. The summed E-state index contributed by atoms with van der Waals surface area (Å²) in [6.07, 6.45) is 10.3. The second kappa shape index (κ2) is 10.1. The van der Waals surface area contributed by atoms with Gasteiger partial charge in [0.05, 0.1) is 30.8 Å². The Morgan fingerprint density at radius 3 is 2.14 bits per heavy atom. The summed E-state index contributed by atoms with van der Waals surface area (Å²) in [4.78, 5) is 18.9. The molecule has 2 aromatic carbocycles. The number of ether oxygens (including phenoxy) is 2. The van der Waals surface area contributed by atoms with E-state index in [1.165, 1.54) is 12.1 Å². The smallest absolute Gasteiger partial charge is 0.244 e. The molecule has 1 heterocycles. The summed E-state index contributed by atoms with van der Waals surface area (Å²) < 4.78 is 27.9. The molecule has 2 aliphatic rings. The number of fused-ring (bicyclic) bond motifs is 1. The van der Waals surface area contributed by atoms with Crippen molar-refractivity contribution < 1.29 is 18.7 Å². The van der Waals surface area contributed by atoms with Crippen molar-refractivity contribution in [2.75, 3.05) is 14.2 Å². The van der Waals surface area contributed by atoms with E-state index in [0.717, 1.165) is 69.8 Å². The fraction of sp³-hybridized carbons (Fsp3) is 0.517. The number of rotatable bonds is 7. The third kappa shape index (κ3) is 4.02. The number of aromatic nitrogens is 2. The molecule has 0 radical (unpaired) electrons. The van der Waals surface area contributed by atoms with Gasteiger partial charge in [0.15, 0.2) is 0 Å². The first-order chi connectivity index (χ1) is 17.5. The maximum absolute atomic E-state index is 14.7. The average Bonchev–Trinajstić information content (AvgIpc) is 3.28. The van der Waals surface area contributed by atoms with Crippen molar-refractivity contribution in [1.82, 2.24) is 9.55 Å². The second-order valence-electron chi connectivity index (χ2n) is 10.3. The molecule has 2 aliphatic carbocycles. The Labute approximate surface area is 212 Å². The number of nitrogens with zero attached hydrogens (tertiary/aromatic N) is 2. The Bertz CT molecular complexity index is 1220. The van der Waals surface area contributed by atoms with E-state index in [1.54, 1.807) is 20.3 Å². The van der Waals surface area contributed by atoms with E-state index in [2.05, 4.69) is 0 Å². The van der Waals surface area contributed by atoms with Crippen molar-refractivity contribution >= 4 is 16.9 Å². The first kappa shape index (κ1) is 24.6. The molecule has 1 amide bonds. The highest BCUT2D eigenvalue weighted by Gasteiger charge is 2.53. The van der Waals surface area contributed by atoms with Crippen molar-refractivity contribution in [3.63, 3.8) is 0 Å². The van der Waals surface area contributed by atoms with Crippen LogP contribution in [0.1, 0.15) is 64.2 Å². The normalized spacial score (nSPS) is 17.9. The molecule has 1 aromatic heterocycles. The van der Waals surface area contributed by atoms with Crippen molar-refractivity contribution in [1.29, 1.82) is 0 Å². The van der Waals surface area contributed by atoms with Gasteiger partial charge in [0.1, 0.15) is 28.7 Å². The van der Waals surface area contributed by atoms with Gasteiger partial charge in [-0.15, -0.1) is 0 Å². The van der Waals surface area contributed by atoms with Gasteiger partial charge in [0, 0.05) is 6.07 Å². The van der Waals surface area contributed by atoms with Crippen LogP contribution in [0.3, 0.4) is 0 Å². The molecule has 6 nitrogen and oxygen atoms in total. The van der Waals surface area contributed by atoms with Crippen LogP contribution in [-0.2, 0) is 10.3 Å². The minimum atomic E-state index is -0.996. The van der Waals surface area contributed by atoms with Crippen LogP contribution in [0, 0.1) is 17.7 Å². The fourth-order valence-corrected chi connectivity index (χ4v) is 6.88. The highest BCUT2D eigenvalue weighted by molar-refractivity contribution is 5.90. The predicted molar refractivity (Wildman–Crippen MR) is 139 cm³/mol. The molecule has 5 rings (SSSR count). The minimum absolute atomic E-state index is 0.0653. The van der Waals surface area contributed by atoms with Gasteiger partial charge in [0.25, 0.3) is 0 Å². The highest BCUT2D eigenvalue weighted by Crippen LogP contribution is 2.51. The average molecular weight is 494 g/mol. The largest absolute Gasteiger partial charge is 0.497 e. The predicted octanol–water partition coefficient (Wildman–Crippen LogP) is 6.20. The van der Waals surface area contributed by atoms with E-state index < -0.39 is 5.54 Å². The molecular weight excluding hydrogens is 457 g/mol. The Kier molecular flexibility index (Phi) is 6.91. The van der Waals surface area contributed by atoms with E-state index in [0.29, 0.717) is 28.4 Å². The lowest BCUT2D eigenvalue weighted by atomic mass is 9.63. The molecule has 0 saturated heterocycles. The third-order valence-corrected chi connectivity index (χ3v) is 8.49. The topological polar surface area (TPSA) is 79.4 Å². The molecule has 7 heteroatoms. The van der Waals surface area contributed by atoms with Crippen LogP contribution in [0.4, 0.5) is 4.39 Å². The molecule has 2 fully saturated rings.